The molecule has 4 rings (SSSR count). The number of fused-ring (bicyclic) bond motifs is 1. The SMILES string of the molecule is COc1cc(Cn2cc(O)n(-c3ccc(SC(F)(F)F)cc3)c2=O)c2ccccc2n1. The second-order valence-corrected chi connectivity index (χ2v) is 7.75. The zero-order valence-corrected chi connectivity index (χ0v) is 16.9. The first-order chi connectivity index (χ1) is 14.7. The van der Waals surface area contributed by atoms with Crippen LogP contribution in [-0.2, 0) is 6.54 Å². The summed E-state index contributed by atoms with van der Waals surface area (Å²) in [4.78, 5) is 17.3. The first-order valence-corrected chi connectivity index (χ1v) is 9.87. The third-order valence-corrected chi connectivity index (χ3v) is 5.33. The number of pyridine rings is 1. The molecule has 0 saturated heterocycles. The van der Waals surface area contributed by atoms with Gasteiger partial charge in [-0.15, -0.1) is 0 Å². The molecule has 0 atom stereocenters. The maximum atomic E-state index is 12.9. The smallest absolute Gasteiger partial charge is 0.446 e. The van der Waals surface area contributed by atoms with Crippen LogP contribution in [0.2, 0.25) is 0 Å². The number of para-hydroxylation sites is 1. The van der Waals surface area contributed by atoms with E-state index in [1.807, 2.05) is 24.3 Å². The fourth-order valence-electron chi connectivity index (χ4n) is 3.27. The van der Waals surface area contributed by atoms with E-state index in [4.69, 9.17) is 4.74 Å². The van der Waals surface area contributed by atoms with Crippen LogP contribution in [0.3, 0.4) is 0 Å². The molecular weight excluding hydrogens is 431 g/mol. The van der Waals surface area contributed by atoms with E-state index < -0.39 is 11.2 Å². The van der Waals surface area contributed by atoms with Crippen LogP contribution in [-0.4, -0.2) is 31.8 Å². The summed E-state index contributed by atoms with van der Waals surface area (Å²) in [5, 5.41) is 11.2. The Morgan fingerprint density at radius 3 is 2.52 bits per heavy atom. The number of halogens is 3. The fourth-order valence-corrected chi connectivity index (χ4v) is 3.81. The average molecular weight is 447 g/mol. The van der Waals surface area contributed by atoms with Gasteiger partial charge in [-0.2, -0.15) is 13.2 Å². The van der Waals surface area contributed by atoms with Crippen molar-refractivity contribution in [2.45, 2.75) is 16.9 Å². The Labute approximate surface area is 178 Å². The molecule has 160 valence electrons. The molecule has 0 amide bonds. The zero-order chi connectivity index (χ0) is 22.2. The van der Waals surface area contributed by atoms with E-state index in [-0.39, 0.29) is 34.8 Å². The first-order valence-electron chi connectivity index (χ1n) is 9.05. The maximum absolute atomic E-state index is 12.9. The quantitative estimate of drug-likeness (QED) is 0.454. The number of ether oxygens (including phenoxy) is 1. The monoisotopic (exact) mass is 447 g/mol. The van der Waals surface area contributed by atoms with Gasteiger partial charge in [-0.1, -0.05) is 18.2 Å². The lowest BCUT2D eigenvalue weighted by atomic mass is 10.1. The molecule has 2 aromatic carbocycles. The van der Waals surface area contributed by atoms with Crippen molar-refractivity contribution in [3.63, 3.8) is 0 Å². The minimum absolute atomic E-state index is 0.0152. The van der Waals surface area contributed by atoms with Crippen molar-refractivity contribution in [1.82, 2.24) is 14.1 Å². The summed E-state index contributed by atoms with van der Waals surface area (Å²) in [6, 6.07) is 14.3. The predicted molar refractivity (Wildman–Crippen MR) is 111 cm³/mol. The van der Waals surface area contributed by atoms with E-state index >= 15 is 0 Å². The van der Waals surface area contributed by atoms with Crippen molar-refractivity contribution in [1.29, 1.82) is 0 Å². The molecule has 2 aromatic heterocycles. The molecule has 0 aliphatic rings. The van der Waals surface area contributed by atoms with Gasteiger partial charge in [0.05, 0.1) is 31.1 Å². The summed E-state index contributed by atoms with van der Waals surface area (Å²) in [5.41, 5.74) is -3.22. The number of hydrogen-bond acceptors (Lipinski definition) is 5. The van der Waals surface area contributed by atoms with Gasteiger partial charge in [0.25, 0.3) is 0 Å². The summed E-state index contributed by atoms with van der Waals surface area (Å²) >= 11 is -0.248. The second-order valence-electron chi connectivity index (χ2n) is 6.62. The molecule has 1 N–H and O–H groups in total. The van der Waals surface area contributed by atoms with Crippen molar-refractivity contribution in [2.75, 3.05) is 7.11 Å². The minimum atomic E-state index is -4.40. The lowest BCUT2D eigenvalue weighted by Gasteiger charge is -2.09. The molecule has 0 aliphatic heterocycles. The molecule has 0 aliphatic carbocycles. The molecule has 0 spiro atoms. The van der Waals surface area contributed by atoms with Crippen LogP contribution in [0, 0.1) is 0 Å². The topological polar surface area (TPSA) is 69.3 Å². The number of alkyl halides is 3. The van der Waals surface area contributed by atoms with Gasteiger partial charge in [0, 0.05) is 16.3 Å². The minimum Gasteiger partial charge on any atom is -0.493 e. The van der Waals surface area contributed by atoms with Gasteiger partial charge in [0.1, 0.15) is 0 Å². The third-order valence-electron chi connectivity index (χ3n) is 4.59. The number of aromatic hydroxyl groups is 1. The molecule has 0 saturated carbocycles. The van der Waals surface area contributed by atoms with Crippen LogP contribution in [0.5, 0.6) is 11.8 Å². The average Bonchev–Trinajstić information content (AvgIpc) is 3.00. The summed E-state index contributed by atoms with van der Waals surface area (Å²) in [6.07, 6.45) is 1.28. The van der Waals surface area contributed by atoms with E-state index in [0.29, 0.717) is 11.4 Å². The summed E-state index contributed by atoms with van der Waals surface area (Å²) in [6.45, 7) is 0.140. The first kappa shape index (κ1) is 20.9. The molecule has 0 radical (unpaired) electrons. The van der Waals surface area contributed by atoms with Gasteiger partial charge in [-0.25, -0.2) is 14.3 Å². The number of aromatic nitrogens is 3. The van der Waals surface area contributed by atoms with Crippen molar-refractivity contribution < 1.29 is 23.0 Å². The molecule has 0 unspecified atom stereocenters. The molecule has 10 heteroatoms. The van der Waals surface area contributed by atoms with Gasteiger partial charge >= 0.3 is 11.2 Å². The van der Waals surface area contributed by atoms with Gasteiger partial charge in [-0.05, 0) is 47.7 Å². The van der Waals surface area contributed by atoms with Crippen LogP contribution in [0.15, 0.2) is 70.5 Å². The molecule has 31 heavy (non-hydrogen) atoms. The number of methoxy groups -OCH3 is 1. The Balaban J connectivity index is 1.70. The van der Waals surface area contributed by atoms with Crippen LogP contribution in [0.1, 0.15) is 5.56 Å². The summed E-state index contributed by atoms with van der Waals surface area (Å²) in [5.74, 6) is 0.0645. The van der Waals surface area contributed by atoms with Gasteiger partial charge in [0.2, 0.25) is 11.8 Å². The normalized spacial score (nSPS) is 11.7. The van der Waals surface area contributed by atoms with Crippen LogP contribution < -0.4 is 10.4 Å². The third kappa shape index (κ3) is 4.38. The molecule has 6 nitrogen and oxygen atoms in total. The highest BCUT2D eigenvalue weighted by atomic mass is 32.2. The van der Waals surface area contributed by atoms with Crippen molar-refractivity contribution in [2.24, 2.45) is 0 Å². The van der Waals surface area contributed by atoms with Crippen LogP contribution in [0.25, 0.3) is 16.6 Å². The highest BCUT2D eigenvalue weighted by molar-refractivity contribution is 8.00. The van der Waals surface area contributed by atoms with E-state index in [2.05, 4.69) is 4.98 Å². The number of nitrogens with zero attached hydrogens (tertiary/aromatic N) is 3. The Hall–Kier alpha value is -3.40. The van der Waals surface area contributed by atoms with E-state index in [1.54, 1.807) is 6.07 Å². The Morgan fingerprint density at radius 1 is 1.13 bits per heavy atom. The largest absolute Gasteiger partial charge is 0.493 e. The highest BCUT2D eigenvalue weighted by Gasteiger charge is 2.29. The predicted octanol–water partition coefficient (Wildman–Crippen LogP) is 4.56. The van der Waals surface area contributed by atoms with E-state index in [9.17, 15) is 23.1 Å². The van der Waals surface area contributed by atoms with Crippen molar-refractivity contribution in [3.05, 3.63) is 76.8 Å². The Kier molecular flexibility index (Phi) is 5.40. The van der Waals surface area contributed by atoms with Gasteiger partial charge < -0.3 is 9.84 Å². The van der Waals surface area contributed by atoms with E-state index in [0.717, 1.165) is 15.5 Å². The van der Waals surface area contributed by atoms with Gasteiger partial charge in [0.15, 0.2) is 0 Å². The maximum Gasteiger partial charge on any atom is 0.446 e. The van der Waals surface area contributed by atoms with E-state index in [1.165, 1.54) is 42.1 Å². The highest BCUT2D eigenvalue weighted by Crippen LogP contribution is 2.37. The lowest BCUT2D eigenvalue weighted by Crippen LogP contribution is -2.23. The summed E-state index contributed by atoms with van der Waals surface area (Å²) < 4.78 is 45.1. The standard InChI is InChI=1S/C21H16F3N3O3S/c1-30-18-10-13(16-4-2-3-5-17(16)25-18)11-26-12-19(28)27(20(26)29)14-6-8-15(9-7-14)31-21(22,23)24/h2-10,12,28H,11H2,1H3. The van der Waals surface area contributed by atoms with Crippen LogP contribution in [0.4, 0.5) is 13.2 Å². The fraction of sp³-hybridized carbons (Fsp3) is 0.143. The number of thioether (sulfide) groups is 1. The molecule has 0 fully saturated rings. The number of imidazole rings is 1. The Morgan fingerprint density at radius 2 is 1.84 bits per heavy atom. The second kappa shape index (κ2) is 8.03. The van der Waals surface area contributed by atoms with Gasteiger partial charge in [-0.3, -0.25) is 4.57 Å². The zero-order valence-electron chi connectivity index (χ0n) is 16.1. The lowest BCUT2D eigenvalue weighted by molar-refractivity contribution is -0.0328. The van der Waals surface area contributed by atoms with Crippen LogP contribution >= 0.6 is 11.8 Å². The molecular formula is C21H16F3N3O3S. The summed E-state index contributed by atoms with van der Waals surface area (Å²) in [7, 11) is 1.50. The number of hydrogen-bond donors (Lipinski definition) is 1. The molecule has 4 aromatic rings. The molecule has 2 heterocycles. The number of rotatable bonds is 5. The Bertz CT molecular complexity index is 1300. The van der Waals surface area contributed by atoms with Crippen molar-refractivity contribution >= 4 is 22.7 Å². The number of benzene rings is 2. The van der Waals surface area contributed by atoms with Crippen molar-refractivity contribution in [3.8, 4) is 17.4 Å². The molecule has 0 bridgehead atoms.